The van der Waals surface area contributed by atoms with Crippen LogP contribution in [-0.2, 0) is 23.1 Å². The van der Waals surface area contributed by atoms with Gasteiger partial charge in [-0.2, -0.15) is 4.31 Å². The molecule has 2 heterocycles. The van der Waals surface area contributed by atoms with Gasteiger partial charge in [-0.3, -0.25) is 4.90 Å². The third-order valence-corrected chi connectivity index (χ3v) is 9.40. The highest BCUT2D eigenvalue weighted by molar-refractivity contribution is 7.89. The number of H-pyrrole nitrogens is 1. The first-order valence-electron chi connectivity index (χ1n) is 13.6. The van der Waals surface area contributed by atoms with Crippen molar-refractivity contribution < 1.29 is 13.2 Å². The van der Waals surface area contributed by atoms with Gasteiger partial charge in [-0.05, 0) is 54.8 Å². The van der Waals surface area contributed by atoms with Crippen molar-refractivity contribution in [1.29, 1.82) is 0 Å². The second-order valence-corrected chi connectivity index (χ2v) is 12.2. The first-order chi connectivity index (χ1) is 19.0. The summed E-state index contributed by atoms with van der Waals surface area (Å²) < 4.78 is 34.3. The van der Waals surface area contributed by atoms with Crippen molar-refractivity contribution >= 4 is 10.0 Å². The number of ether oxygens (including phenoxy) is 1. The van der Waals surface area contributed by atoms with Crippen molar-refractivity contribution in [3.05, 3.63) is 108 Å². The Morgan fingerprint density at radius 1 is 0.897 bits per heavy atom. The first-order valence-corrected chi connectivity index (χ1v) is 15.1. The Hall–Kier alpha value is -3.39. The summed E-state index contributed by atoms with van der Waals surface area (Å²) >= 11 is 0. The minimum atomic E-state index is -3.78. The highest BCUT2D eigenvalue weighted by Gasteiger charge is 2.28. The predicted octanol–water partition coefficient (Wildman–Crippen LogP) is 6.63. The van der Waals surface area contributed by atoms with E-state index in [1.807, 2.05) is 42.5 Å². The Bertz CT molecular complexity index is 1470. The lowest BCUT2D eigenvalue weighted by Crippen LogP contribution is -2.28. The molecule has 1 atom stereocenters. The summed E-state index contributed by atoms with van der Waals surface area (Å²) in [5, 5.41) is 0. The lowest BCUT2D eigenvalue weighted by Gasteiger charge is -2.30. The lowest BCUT2D eigenvalue weighted by atomic mass is 10.0. The highest BCUT2D eigenvalue weighted by atomic mass is 32.2. The van der Waals surface area contributed by atoms with Crippen molar-refractivity contribution in [2.24, 2.45) is 0 Å². The number of hydrogen-bond donors (Lipinski definition) is 1. The fourth-order valence-electron chi connectivity index (χ4n) is 5.55. The number of likely N-dealkylation sites (tertiary alicyclic amines) is 1. The van der Waals surface area contributed by atoms with E-state index in [0.29, 0.717) is 11.8 Å². The second kappa shape index (κ2) is 12.2. The second-order valence-electron chi connectivity index (χ2n) is 10.2. The molecule has 3 aromatic carbocycles. The van der Waals surface area contributed by atoms with E-state index in [-0.39, 0.29) is 11.4 Å². The molecule has 1 aliphatic rings. The maximum atomic E-state index is 13.6. The predicted molar refractivity (Wildman–Crippen MR) is 156 cm³/mol. The van der Waals surface area contributed by atoms with Crippen molar-refractivity contribution in [2.45, 2.75) is 49.7 Å². The number of para-hydroxylation sites is 1. The van der Waals surface area contributed by atoms with Crippen LogP contribution in [0.4, 0.5) is 0 Å². The smallest absolute Gasteiger partial charge is 0.246 e. The quantitative estimate of drug-likeness (QED) is 0.257. The van der Waals surface area contributed by atoms with E-state index in [1.165, 1.54) is 36.2 Å². The van der Waals surface area contributed by atoms with Crippen LogP contribution in [0.15, 0.2) is 95.9 Å². The zero-order valence-corrected chi connectivity index (χ0v) is 23.5. The van der Waals surface area contributed by atoms with Gasteiger partial charge in [0.05, 0.1) is 7.11 Å². The Morgan fingerprint density at radius 3 is 2.38 bits per heavy atom. The zero-order chi connectivity index (χ0) is 27.2. The largest absolute Gasteiger partial charge is 0.495 e. The maximum Gasteiger partial charge on any atom is 0.246 e. The molecule has 39 heavy (non-hydrogen) atoms. The summed E-state index contributed by atoms with van der Waals surface area (Å²) in [6, 6.07) is 30.2. The standard InChI is InChI=1S/C32H37N3O3S/c1-34(23-25-13-6-3-7-14-25)39(36,37)31-19-12-17-28(32(31)38-2)29-21-20-27(33-29)24-35-22-11-5-10-18-30(35)26-15-8-4-9-16-26/h3-4,6-9,12-17,19-21,30,33H,5,10-11,18,22-24H2,1-2H3/t30-/m1/s1. The molecule has 0 unspecified atom stereocenters. The number of methoxy groups -OCH3 is 1. The summed E-state index contributed by atoms with van der Waals surface area (Å²) in [5.74, 6) is 0.350. The maximum absolute atomic E-state index is 13.6. The molecule has 0 radical (unpaired) electrons. The van der Waals surface area contributed by atoms with Crippen molar-refractivity contribution in [3.63, 3.8) is 0 Å². The molecule has 0 spiro atoms. The van der Waals surface area contributed by atoms with Crippen LogP contribution in [0.3, 0.4) is 0 Å². The van der Waals surface area contributed by atoms with Gasteiger partial charge in [-0.1, -0.05) is 79.6 Å². The third-order valence-electron chi connectivity index (χ3n) is 7.58. The van der Waals surface area contributed by atoms with Gasteiger partial charge in [0.1, 0.15) is 10.6 Å². The van der Waals surface area contributed by atoms with Gasteiger partial charge in [0.25, 0.3) is 0 Å². The first kappa shape index (κ1) is 27.2. The van der Waals surface area contributed by atoms with Crippen LogP contribution < -0.4 is 4.74 Å². The zero-order valence-electron chi connectivity index (χ0n) is 22.7. The monoisotopic (exact) mass is 543 g/mol. The molecule has 204 valence electrons. The number of aromatic amines is 1. The molecular weight excluding hydrogens is 506 g/mol. The molecule has 0 amide bonds. The van der Waals surface area contributed by atoms with Crippen LogP contribution in [0, 0.1) is 0 Å². The van der Waals surface area contributed by atoms with E-state index in [9.17, 15) is 8.42 Å². The number of nitrogens with zero attached hydrogens (tertiary/aromatic N) is 2. The summed E-state index contributed by atoms with van der Waals surface area (Å²) in [7, 11) is -0.651. The van der Waals surface area contributed by atoms with Gasteiger partial charge in [-0.15, -0.1) is 0 Å². The minimum absolute atomic E-state index is 0.161. The normalized spacial score (nSPS) is 16.7. The van der Waals surface area contributed by atoms with Crippen LogP contribution in [0.5, 0.6) is 5.75 Å². The van der Waals surface area contributed by atoms with E-state index < -0.39 is 10.0 Å². The lowest BCUT2D eigenvalue weighted by molar-refractivity contribution is 0.190. The summed E-state index contributed by atoms with van der Waals surface area (Å²) in [6.45, 7) is 2.14. The van der Waals surface area contributed by atoms with Crippen LogP contribution in [0.1, 0.15) is 48.5 Å². The molecule has 1 N–H and O–H groups in total. The molecule has 1 saturated heterocycles. The number of nitrogens with one attached hydrogen (secondary N) is 1. The van der Waals surface area contributed by atoms with E-state index in [2.05, 4.69) is 46.3 Å². The summed E-state index contributed by atoms with van der Waals surface area (Å²) in [5.41, 5.74) is 4.97. The SMILES string of the molecule is COc1c(-c2ccc(CN3CCCCC[C@@H]3c3ccccc3)[nH]2)cccc1S(=O)(=O)N(C)Cc1ccccc1. The van der Waals surface area contributed by atoms with Crippen LogP contribution >= 0.6 is 0 Å². The Morgan fingerprint density at radius 2 is 1.64 bits per heavy atom. The van der Waals surface area contributed by atoms with Crippen LogP contribution in [0.25, 0.3) is 11.3 Å². The van der Waals surface area contributed by atoms with Gasteiger partial charge in [0.2, 0.25) is 10.0 Å². The van der Waals surface area contributed by atoms with Gasteiger partial charge in [0.15, 0.2) is 0 Å². The summed E-state index contributed by atoms with van der Waals surface area (Å²) in [4.78, 5) is 6.29. The fourth-order valence-corrected chi connectivity index (χ4v) is 6.89. The van der Waals surface area contributed by atoms with E-state index in [4.69, 9.17) is 4.74 Å². The fraction of sp³-hybridized carbons (Fsp3) is 0.312. The van der Waals surface area contributed by atoms with Gasteiger partial charge in [-0.25, -0.2) is 8.42 Å². The molecule has 0 saturated carbocycles. The van der Waals surface area contributed by atoms with E-state index in [1.54, 1.807) is 19.2 Å². The number of benzene rings is 3. The van der Waals surface area contributed by atoms with Gasteiger partial charge < -0.3 is 9.72 Å². The molecule has 0 aliphatic carbocycles. The van der Waals surface area contributed by atoms with E-state index in [0.717, 1.165) is 42.0 Å². The Labute approximate surface area is 232 Å². The molecule has 5 rings (SSSR count). The average molecular weight is 544 g/mol. The summed E-state index contributed by atoms with van der Waals surface area (Å²) in [6.07, 6.45) is 4.85. The number of aromatic nitrogens is 1. The molecule has 7 heteroatoms. The molecule has 1 aromatic heterocycles. The van der Waals surface area contributed by atoms with Crippen LogP contribution in [0.2, 0.25) is 0 Å². The third kappa shape index (κ3) is 6.11. The molecule has 6 nitrogen and oxygen atoms in total. The number of sulfonamides is 1. The topological polar surface area (TPSA) is 65.6 Å². The highest BCUT2D eigenvalue weighted by Crippen LogP contribution is 2.37. The number of rotatable bonds is 9. The van der Waals surface area contributed by atoms with E-state index >= 15 is 0 Å². The van der Waals surface area contributed by atoms with Crippen molar-refractivity contribution in [2.75, 3.05) is 20.7 Å². The Kier molecular flexibility index (Phi) is 8.50. The molecule has 0 bridgehead atoms. The average Bonchev–Trinajstić information content (AvgIpc) is 3.30. The van der Waals surface area contributed by atoms with Crippen LogP contribution in [-0.4, -0.2) is 43.3 Å². The molecule has 1 aliphatic heterocycles. The van der Waals surface area contributed by atoms with Crippen molar-refractivity contribution in [3.8, 4) is 17.0 Å². The van der Waals surface area contributed by atoms with Gasteiger partial charge >= 0.3 is 0 Å². The number of hydrogen-bond acceptors (Lipinski definition) is 4. The molecule has 4 aromatic rings. The Balaban J connectivity index is 1.40. The molecular formula is C32H37N3O3S. The molecule has 1 fully saturated rings. The van der Waals surface area contributed by atoms with Gasteiger partial charge in [0, 0.05) is 43.1 Å². The minimum Gasteiger partial charge on any atom is -0.495 e. The van der Waals surface area contributed by atoms with Crippen molar-refractivity contribution in [1.82, 2.24) is 14.2 Å².